The number of nitrogens with zero attached hydrogens (tertiary/aromatic N) is 4. The maximum Gasteiger partial charge on any atom is 0.229 e. The minimum absolute atomic E-state index is 0.00206. The maximum absolute atomic E-state index is 14.3. The van der Waals surface area contributed by atoms with Gasteiger partial charge in [-0.05, 0) is 30.3 Å². The van der Waals surface area contributed by atoms with E-state index in [1.807, 2.05) is 18.2 Å². The molecule has 158 valence electrons. The Morgan fingerprint density at radius 1 is 1.00 bits per heavy atom. The van der Waals surface area contributed by atoms with Crippen molar-refractivity contribution >= 4 is 34.0 Å². The molecule has 3 heterocycles. The Hall–Kier alpha value is -3.92. The largest absolute Gasteiger partial charge is 0.486 e. The molecule has 9 nitrogen and oxygen atoms in total. The van der Waals surface area contributed by atoms with Gasteiger partial charge >= 0.3 is 0 Å². The predicted molar refractivity (Wildman–Crippen MR) is 113 cm³/mol. The zero-order valence-electron chi connectivity index (χ0n) is 16.4. The number of ether oxygens (including phenoxy) is 2. The standard InChI is InChI=1S/C21H19FN6O3/c22-16-12-23-21(26-15-2-4-18-19(10-15)31-8-7-30-18)27-20(16)25-14-1-3-17-13(9-14)11-24-28(17)5-6-29/h1-4,9-12,29H,5-8H2,(H2,23,25,26,27). The summed E-state index contributed by atoms with van der Waals surface area (Å²) in [4.78, 5) is 8.27. The Labute approximate surface area is 176 Å². The van der Waals surface area contributed by atoms with E-state index in [-0.39, 0.29) is 18.4 Å². The molecule has 0 saturated carbocycles. The Bertz CT molecular complexity index is 1250. The summed E-state index contributed by atoms with van der Waals surface area (Å²) in [5.41, 5.74) is 2.22. The Morgan fingerprint density at radius 2 is 1.81 bits per heavy atom. The first-order chi connectivity index (χ1) is 15.2. The number of rotatable bonds is 6. The molecule has 0 unspecified atom stereocenters. The normalized spacial score (nSPS) is 12.7. The molecule has 0 spiro atoms. The highest BCUT2D eigenvalue weighted by atomic mass is 19.1. The second-order valence-corrected chi connectivity index (χ2v) is 6.86. The highest BCUT2D eigenvalue weighted by Crippen LogP contribution is 2.33. The number of aromatic nitrogens is 4. The molecule has 0 saturated heterocycles. The molecule has 0 atom stereocenters. The Morgan fingerprint density at radius 3 is 2.68 bits per heavy atom. The van der Waals surface area contributed by atoms with E-state index in [9.17, 15) is 4.39 Å². The van der Waals surface area contributed by atoms with Gasteiger partial charge in [0.2, 0.25) is 5.95 Å². The van der Waals surface area contributed by atoms with E-state index in [1.165, 1.54) is 0 Å². The summed E-state index contributed by atoms with van der Waals surface area (Å²) in [7, 11) is 0. The molecule has 0 bridgehead atoms. The molecule has 0 aliphatic carbocycles. The zero-order valence-corrected chi connectivity index (χ0v) is 16.4. The number of hydrogen-bond donors (Lipinski definition) is 3. The van der Waals surface area contributed by atoms with Crippen LogP contribution < -0.4 is 20.1 Å². The number of aliphatic hydroxyl groups is 1. The molecular weight excluding hydrogens is 403 g/mol. The number of halogens is 1. The highest BCUT2D eigenvalue weighted by molar-refractivity contribution is 5.83. The van der Waals surface area contributed by atoms with Gasteiger partial charge in [-0.15, -0.1) is 0 Å². The smallest absolute Gasteiger partial charge is 0.229 e. The summed E-state index contributed by atoms with van der Waals surface area (Å²) in [6.07, 6.45) is 2.80. The number of anilines is 4. The summed E-state index contributed by atoms with van der Waals surface area (Å²) in [6.45, 7) is 1.42. The summed E-state index contributed by atoms with van der Waals surface area (Å²) in [5, 5.41) is 20.3. The first kappa shape index (κ1) is 19.1. The lowest BCUT2D eigenvalue weighted by Crippen LogP contribution is -2.15. The fourth-order valence-corrected chi connectivity index (χ4v) is 3.34. The second-order valence-electron chi connectivity index (χ2n) is 6.86. The van der Waals surface area contributed by atoms with Crippen LogP contribution in [0.5, 0.6) is 11.5 Å². The van der Waals surface area contributed by atoms with Gasteiger partial charge in [-0.2, -0.15) is 10.1 Å². The van der Waals surface area contributed by atoms with Gasteiger partial charge in [0.05, 0.1) is 31.1 Å². The number of nitrogens with one attached hydrogen (secondary N) is 2. The Balaban J connectivity index is 1.37. The first-order valence-corrected chi connectivity index (χ1v) is 9.72. The van der Waals surface area contributed by atoms with Crippen molar-refractivity contribution < 1.29 is 19.0 Å². The van der Waals surface area contributed by atoms with Gasteiger partial charge in [0.1, 0.15) is 13.2 Å². The lowest BCUT2D eigenvalue weighted by Gasteiger charge is -2.19. The van der Waals surface area contributed by atoms with Crippen LogP contribution in [0, 0.1) is 5.82 Å². The van der Waals surface area contributed by atoms with Gasteiger partial charge in [0.15, 0.2) is 23.1 Å². The molecule has 31 heavy (non-hydrogen) atoms. The number of aliphatic hydroxyl groups excluding tert-OH is 1. The maximum atomic E-state index is 14.3. The van der Waals surface area contributed by atoms with Crippen LogP contribution in [0.15, 0.2) is 48.8 Å². The van der Waals surface area contributed by atoms with E-state index in [0.29, 0.717) is 42.6 Å². The molecule has 5 rings (SSSR count). The Kier molecular flexibility index (Phi) is 4.97. The van der Waals surface area contributed by atoms with E-state index in [1.54, 1.807) is 29.1 Å². The average molecular weight is 422 g/mol. The quantitative estimate of drug-likeness (QED) is 0.435. The third-order valence-electron chi connectivity index (χ3n) is 4.76. The van der Waals surface area contributed by atoms with Crippen LogP contribution in [-0.4, -0.2) is 44.7 Å². The van der Waals surface area contributed by atoms with Crippen molar-refractivity contribution in [2.75, 3.05) is 30.5 Å². The number of benzene rings is 2. The van der Waals surface area contributed by atoms with Gasteiger partial charge in [0, 0.05) is 22.8 Å². The molecule has 0 fully saturated rings. The minimum Gasteiger partial charge on any atom is -0.486 e. The first-order valence-electron chi connectivity index (χ1n) is 9.72. The van der Waals surface area contributed by atoms with Crippen molar-refractivity contribution in [2.24, 2.45) is 0 Å². The molecule has 2 aromatic heterocycles. The van der Waals surface area contributed by atoms with Crippen molar-refractivity contribution in [3.63, 3.8) is 0 Å². The van der Waals surface area contributed by atoms with Gasteiger partial charge < -0.3 is 25.2 Å². The molecule has 0 radical (unpaired) electrons. The molecule has 3 N–H and O–H groups in total. The van der Waals surface area contributed by atoms with Gasteiger partial charge in [-0.1, -0.05) is 0 Å². The van der Waals surface area contributed by atoms with Crippen LogP contribution in [0.25, 0.3) is 10.9 Å². The van der Waals surface area contributed by atoms with Crippen LogP contribution in [0.4, 0.5) is 27.5 Å². The second kappa shape index (κ2) is 8.07. The van der Waals surface area contributed by atoms with Gasteiger partial charge in [0.25, 0.3) is 0 Å². The fraction of sp³-hybridized carbons (Fsp3) is 0.190. The van der Waals surface area contributed by atoms with Crippen LogP contribution >= 0.6 is 0 Å². The lowest BCUT2D eigenvalue weighted by molar-refractivity contribution is 0.171. The van der Waals surface area contributed by atoms with Gasteiger partial charge in [-0.25, -0.2) is 9.37 Å². The molecule has 2 aromatic carbocycles. The number of fused-ring (bicyclic) bond motifs is 2. The molecule has 4 aromatic rings. The van der Waals surface area contributed by atoms with Crippen molar-refractivity contribution in [3.05, 3.63) is 54.6 Å². The van der Waals surface area contributed by atoms with Crippen LogP contribution in [-0.2, 0) is 6.54 Å². The third-order valence-corrected chi connectivity index (χ3v) is 4.76. The zero-order chi connectivity index (χ0) is 21.2. The van der Waals surface area contributed by atoms with E-state index in [4.69, 9.17) is 14.6 Å². The van der Waals surface area contributed by atoms with Gasteiger partial charge in [-0.3, -0.25) is 4.68 Å². The SMILES string of the molecule is OCCn1ncc2cc(Nc3nc(Nc4ccc5c(c4)OCCO5)ncc3F)ccc21. The third kappa shape index (κ3) is 3.92. The van der Waals surface area contributed by atoms with Crippen LogP contribution in [0.3, 0.4) is 0 Å². The molecular formula is C21H19FN6O3. The van der Waals surface area contributed by atoms with Crippen molar-refractivity contribution in [2.45, 2.75) is 6.54 Å². The molecule has 10 heteroatoms. The number of hydrogen-bond acceptors (Lipinski definition) is 8. The van der Waals surface area contributed by atoms with Crippen molar-refractivity contribution in [1.82, 2.24) is 19.7 Å². The van der Waals surface area contributed by atoms with E-state index >= 15 is 0 Å². The topological polar surface area (TPSA) is 106 Å². The summed E-state index contributed by atoms with van der Waals surface area (Å²) >= 11 is 0. The highest BCUT2D eigenvalue weighted by Gasteiger charge is 2.13. The van der Waals surface area contributed by atoms with Crippen LogP contribution in [0.2, 0.25) is 0 Å². The predicted octanol–water partition coefficient (Wildman–Crippen LogP) is 3.22. The fourth-order valence-electron chi connectivity index (χ4n) is 3.34. The molecule has 1 aliphatic heterocycles. The average Bonchev–Trinajstić information content (AvgIpc) is 3.18. The summed E-state index contributed by atoms with van der Waals surface area (Å²) < 4.78 is 27.1. The van der Waals surface area contributed by atoms with E-state index < -0.39 is 5.82 Å². The van der Waals surface area contributed by atoms with Crippen molar-refractivity contribution in [3.8, 4) is 11.5 Å². The lowest BCUT2D eigenvalue weighted by atomic mass is 10.2. The van der Waals surface area contributed by atoms with E-state index in [0.717, 1.165) is 17.1 Å². The molecule has 1 aliphatic rings. The summed E-state index contributed by atoms with van der Waals surface area (Å²) in [5.74, 6) is 1.00. The van der Waals surface area contributed by atoms with Crippen molar-refractivity contribution in [1.29, 1.82) is 0 Å². The van der Waals surface area contributed by atoms with Crippen LogP contribution in [0.1, 0.15) is 0 Å². The summed E-state index contributed by atoms with van der Waals surface area (Å²) in [6, 6.07) is 10.9. The van der Waals surface area contributed by atoms with E-state index in [2.05, 4.69) is 25.7 Å². The minimum atomic E-state index is -0.580. The monoisotopic (exact) mass is 422 g/mol. The molecule has 0 amide bonds.